The molecule has 184 valence electrons. The Kier molecular flexibility index (Phi) is 6.42. The molecule has 6 N–H and O–H groups in total. The van der Waals surface area contributed by atoms with Crippen LogP contribution in [0.15, 0.2) is 36.5 Å². The number of pyridine rings is 1. The number of ether oxygens (including phenoxy) is 1. The van der Waals surface area contributed by atoms with E-state index in [1.165, 1.54) is 0 Å². The summed E-state index contributed by atoms with van der Waals surface area (Å²) >= 11 is 0. The fraction of sp³-hybridized carbons (Fsp3) is 0.417. The number of carbonyl (C=O) groups excluding carboxylic acids is 2. The number of hydrogen-bond acceptors (Lipinski definition) is 9. The van der Waals surface area contributed by atoms with E-state index in [1.54, 1.807) is 6.20 Å². The molecule has 1 aliphatic rings. The number of nitrogens with two attached hydrogens (primary N) is 2. The first-order chi connectivity index (χ1) is 16.6. The molecule has 4 rings (SSSR count). The molecule has 0 saturated heterocycles. The number of primary amides is 2. The molecule has 0 bridgehead atoms. The summed E-state index contributed by atoms with van der Waals surface area (Å²) < 4.78 is 5.76. The van der Waals surface area contributed by atoms with Crippen LogP contribution in [0.5, 0.6) is 0 Å². The van der Waals surface area contributed by atoms with Crippen LogP contribution < -0.4 is 22.1 Å². The number of fused-ring (bicyclic) bond motifs is 1. The fourth-order valence-corrected chi connectivity index (χ4v) is 4.77. The van der Waals surface area contributed by atoms with Gasteiger partial charge in [0.25, 0.3) is 5.91 Å². The molecule has 1 aromatic carbocycles. The quantitative estimate of drug-likeness (QED) is 0.414. The van der Waals surface area contributed by atoms with Crippen LogP contribution in [0.1, 0.15) is 56.9 Å². The third-order valence-corrected chi connectivity index (χ3v) is 6.50. The van der Waals surface area contributed by atoms with Crippen molar-refractivity contribution in [2.24, 2.45) is 16.9 Å². The second kappa shape index (κ2) is 9.32. The molecular formula is C24H30N8O3. The van der Waals surface area contributed by atoms with Crippen molar-refractivity contribution in [3.63, 3.8) is 0 Å². The Labute approximate surface area is 203 Å². The van der Waals surface area contributed by atoms with Crippen LogP contribution in [0.25, 0.3) is 10.9 Å². The van der Waals surface area contributed by atoms with Crippen molar-refractivity contribution in [1.82, 2.24) is 20.2 Å². The number of nitrogens with zero attached hydrogens (tertiary/aromatic N) is 4. The SMILES string of the molecule is CC(C)(C)C1(OC(N)=O)CCCCC1Nc1nnc(C(N)=O)c(Nc2ccc3ncccc3c2)n1. The van der Waals surface area contributed by atoms with E-state index in [0.29, 0.717) is 18.5 Å². The van der Waals surface area contributed by atoms with Crippen LogP contribution in [0.3, 0.4) is 0 Å². The molecule has 11 heteroatoms. The Balaban J connectivity index is 1.67. The number of hydrogen-bond donors (Lipinski definition) is 4. The number of rotatable bonds is 6. The van der Waals surface area contributed by atoms with E-state index in [1.807, 2.05) is 51.1 Å². The standard InChI is InChI=1S/C24H30N8O3/c1-23(2,3)24(35-21(26)34)11-5-4-8-17(24)29-22-30-20(18(19(25)33)31-32-22)28-15-9-10-16-14(13-15)7-6-12-27-16/h6-7,9-10,12-13,17H,4-5,8,11H2,1-3H3,(H2,25,33)(H2,26,34)(H2,28,29,30,32). The van der Waals surface area contributed by atoms with Gasteiger partial charge in [-0.1, -0.05) is 33.3 Å². The molecule has 2 heterocycles. The van der Waals surface area contributed by atoms with E-state index in [-0.39, 0.29) is 23.5 Å². The maximum Gasteiger partial charge on any atom is 0.405 e. The molecule has 0 spiro atoms. The Morgan fingerprint density at radius 3 is 2.66 bits per heavy atom. The second-order valence-corrected chi connectivity index (χ2v) is 9.74. The molecule has 0 radical (unpaired) electrons. The largest absolute Gasteiger partial charge is 0.440 e. The number of anilines is 3. The van der Waals surface area contributed by atoms with Crippen molar-refractivity contribution in [1.29, 1.82) is 0 Å². The van der Waals surface area contributed by atoms with E-state index in [0.717, 1.165) is 23.7 Å². The summed E-state index contributed by atoms with van der Waals surface area (Å²) in [6.07, 6.45) is 4.07. The summed E-state index contributed by atoms with van der Waals surface area (Å²) in [6, 6.07) is 9.02. The first-order valence-corrected chi connectivity index (χ1v) is 11.5. The summed E-state index contributed by atoms with van der Waals surface area (Å²) in [7, 11) is 0. The monoisotopic (exact) mass is 478 g/mol. The molecule has 3 aromatic rings. The van der Waals surface area contributed by atoms with Gasteiger partial charge in [-0.25, -0.2) is 4.79 Å². The number of nitrogens with one attached hydrogen (secondary N) is 2. The van der Waals surface area contributed by atoms with Gasteiger partial charge in [-0.15, -0.1) is 10.2 Å². The van der Waals surface area contributed by atoms with Crippen LogP contribution in [0.4, 0.5) is 22.2 Å². The van der Waals surface area contributed by atoms with Crippen LogP contribution in [0, 0.1) is 5.41 Å². The highest BCUT2D eigenvalue weighted by atomic mass is 16.6. The van der Waals surface area contributed by atoms with Gasteiger partial charge in [0.1, 0.15) is 5.60 Å². The number of aromatic nitrogens is 4. The van der Waals surface area contributed by atoms with Gasteiger partial charge in [0.15, 0.2) is 11.5 Å². The summed E-state index contributed by atoms with van der Waals surface area (Å²) in [5.74, 6) is -0.431. The molecule has 0 aliphatic heterocycles. The molecule has 2 unspecified atom stereocenters. The maximum atomic E-state index is 12.0. The molecule has 1 fully saturated rings. The summed E-state index contributed by atoms with van der Waals surface area (Å²) in [6.45, 7) is 6.02. The fourth-order valence-electron chi connectivity index (χ4n) is 4.77. The zero-order valence-corrected chi connectivity index (χ0v) is 20.0. The van der Waals surface area contributed by atoms with Crippen LogP contribution in [-0.2, 0) is 4.74 Å². The van der Waals surface area contributed by atoms with Gasteiger partial charge in [-0.3, -0.25) is 9.78 Å². The lowest BCUT2D eigenvalue weighted by Gasteiger charge is -2.51. The van der Waals surface area contributed by atoms with E-state index in [2.05, 4.69) is 30.8 Å². The molecule has 2 aromatic heterocycles. The van der Waals surface area contributed by atoms with E-state index < -0.39 is 23.0 Å². The summed E-state index contributed by atoms with van der Waals surface area (Å²) in [5, 5.41) is 15.4. The highest BCUT2D eigenvalue weighted by Gasteiger charge is 2.52. The van der Waals surface area contributed by atoms with Crippen molar-refractivity contribution >= 4 is 40.4 Å². The molecule has 1 saturated carbocycles. The number of benzene rings is 1. The van der Waals surface area contributed by atoms with Gasteiger partial charge >= 0.3 is 6.09 Å². The van der Waals surface area contributed by atoms with Crippen LogP contribution in [-0.4, -0.2) is 43.8 Å². The smallest absolute Gasteiger partial charge is 0.405 e. The highest BCUT2D eigenvalue weighted by molar-refractivity contribution is 5.96. The minimum absolute atomic E-state index is 0.0963. The van der Waals surface area contributed by atoms with E-state index in [4.69, 9.17) is 16.2 Å². The van der Waals surface area contributed by atoms with Crippen molar-refractivity contribution in [2.45, 2.75) is 58.1 Å². The molecule has 11 nitrogen and oxygen atoms in total. The number of amides is 2. The first-order valence-electron chi connectivity index (χ1n) is 11.5. The maximum absolute atomic E-state index is 12.0. The van der Waals surface area contributed by atoms with Gasteiger partial charge in [0.05, 0.1) is 11.6 Å². The normalized spacial score (nSPS) is 20.3. The lowest BCUT2D eigenvalue weighted by atomic mass is 9.65. The zero-order valence-electron chi connectivity index (χ0n) is 20.0. The van der Waals surface area contributed by atoms with Crippen molar-refractivity contribution in [2.75, 3.05) is 10.6 Å². The lowest BCUT2D eigenvalue weighted by molar-refractivity contribution is -0.0971. The minimum Gasteiger partial charge on any atom is -0.440 e. The van der Waals surface area contributed by atoms with Gasteiger partial charge < -0.3 is 26.8 Å². The Hall–Kier alpha value is -4.02. The van der Waals surface area contributed by atoms with Crippen LogP contribution >= 0.6 is 0 Å². The van der Waals surface area contributed by atoms with E-state index in [9.17, 15) is 9.59 Å². The van der Waals surface area contributed by atoms with Crippen LogP contribution in [0.2, 0.25) is 0 Å². The summed E-state index contributed by atoms with van der Waals surface area (Å²) in [5.41, 5.74) is 11.1. The Morgan fingerprint density at radius 1 is 1.14 bits per heavy atom. The minimum atomic E-state index is -0.873. The van der Waals surface area contributed by atoms with Crippen molar-refractivity contribution in [3.8, 4) is 0 Å². The van der Waals surface area contributed by atoms with Gasteiger partial charge in [-0.05, 0) is 43.5 Å². The topological polar surface area (TPSA) is 171 Å². The van der Waals surface area contributed by atoms with Crippen molar-refractivity contribution < 1.29 is 14.3 Å². The van der Waals surface area contributed by atoms with Crippen molar-refractivity contribution in [3.05, 3.63) is 42.2 Å². The molecule has 2 amide bonds. The zero-order chi connectivity index (χ0) is 25.2. The third-order valence-electron chi connectivity index (χ3n) is 6.50. The first kappa shape index (κ1) is 24.1. The third kappa shape index (κ3) is 4.93. The molecule has 2 atom stereocenters. The predicted octanol–water partition coefficient (Wildman–Crippen LogP) is 3.50. The predicted molar refractivity (Wildman–Crippen MR) is 132 cm³/mol. The summed E-state index contributed by atoms with van der Waals surface area (Å²) in [4.78, 5) is 32.7. The van der Waals surface area contributed by atoms with Gasteiger partial charge in [0.2, 0.25) is 5.95 Å². The number of carbonyl (C=O) groups is 2. The lowest BCUT2D eigenvalue weighted by Crippen LogP contribution is -2.60. The second-order valence-electron chi connectivity index (χ2n) is 9.74. The average Bonchev–Trinajstić information content (AvgIpc) is 2.79. The Morgan fingerprint density at radius 2 is 1.94 bits per heavy atom. The van der Waals surface area contributed by atoms with Gasteiger partial charge in [-0.2, -0.15) is 4.98 Å². The van der Waals surface area contributed by atoms with Gasteiger partial charge in [0, 0.05) is 22.7 Å². The highest BCUT2D eigenvalue weighted by Crippen LogP contribution is 2.46. The Bertz CT molecular complexity index is 1260. The average molecular weight is 479 g/mol. The molecule has 35 heavy (non-hydrogen) atoms. The molecular weight excluding hydrogens is 448 g/mol. The van der Waals surface area contributed by atoms with E-state index >= 15 is 0 Å². The molecule has 1 aliphatic carbocycles.